The molecule has 0 atom stereocenters. The Kier molecular flexibility index (Phi) is 6.17. The molecule has 0 aliphatic carbocycles. The average Bonchev–Trinajstić information content (AvgIpc) is 2.54. The number of benzene rings is 2. The van der Waals surface area contributed by atoms with Crippen molar-refractivity contribution < 1.29 is 17.9 Å². The van der Waals surface area contributed by atoms with Crippen molar-refractivity contribution in [1.82, 2.24) is 0 Å². The van der Waals surface area contributed by atoms with Gasteiger partial charge in [0, 0.05) is 18.0 Å². The molecule has 2 aromatic rings. The smallest absolute Gasteiger partial charge is 0.262 e. The molecule has 0 unspecified atom stereocenters. The number of sulfonamides is 1. The Hall–Kier alpha value is -2.38. The minimum absolute atomic E-state index is 0.0754. The fourth-order valence-electron chi connectivity index (χ4n) is 2.28. The highest BCUT2D eigenvalue weighted by Gasteiger charge is 2.18. The summed E-state index contributed by atoms with van der Waals surface area (Å²) in [5.41, 5.74) is 2.43. The number of hydrogen-bond donors (Lipinski definition) is 2. The van der Waals surface area contributed by atoms with Gasteiger partial charge in [0.15, 0.2) is 0 Å². The van der Waals surface area contributed by atoms with Crippen LogP contribution in [0.3, 0.4) is 0 Å². The van der Waals surface area contributed by atoms with Gasteiger partial charge in [0.1, 0.15) is 6.61 Å². The molecule has 0 bridgehead atoms. The van der Waals surface area contributed by atoms with Gasteiger partial charge in [0.25, 0.3) is 10.0 Å². The fraction of sp³-hybridized carbons (Fsp3) is 0.278. The van der Waals surface area contributed by atoms with Crippen LogP contribution in [0.1, 0.15) is 18.1 Å². The maximum Gasteiger partial charge on any atom is 0.262 e. The first-order valence-corrected chi connectivity index (χ1v) is 9.38. The first-order valence-electron chi connectivity index (χ1n) is 7.89. The molecule has 1 amide bonds. The molecule has 0 heterocycles. The molecule has 134 valence electrons. The second-order valence-corrected chi connectivity index (χ2v) is 7.29. The van der Waals surface area contributed by atoms with E-state index < -0.39 is 10.0 Å². The van der Waals surface area contributed by atoms with E-state index in [4.69, 9.17) is 4.74 Å². The summed E-state index contributed by atoms with van der Waals surface area (Å²) in [5, 5.41) is 2.63. The van der Waals surface area contributed by atoms with E-state index in [1.54, 1.807) is 44.2 Å². The van der Waals surface area contributed by atoms with Crippen molar-refractivity contribution in [3.63, 3.8) is 0 Å². The molecule has 2 rings (SSSR count). The summed E-state index contributed by atoms with van der Waals surface area (Å²) < 4.78 is 33.0. The highest BCUT2D eigenvalue weighted by atomic mass is 32.2. The van der Waals surface area contributed by atoms with Crippen LogP contribution in [-0.2, 0) is 19.6 Å². The number of ether oxygens (including phenoxy) is 1. The van der Waals surface area contributed by atoms with Gasteiger partial charge < -0.3 is 10.1 Å². The Bertz CT molecular complexity index is 863. The standard InChI is InChI=1S/C18H22N2O4S/c1-4-24-12-18(21)19-15-9-8-14(3)17(11-15)25(22,23)20-16-7-5-6-13(2)10-16/h5-11,20H,4,12H2,1-3H3,(H,19,21). The Morgan fingerprint density at radius 3 is 2.52 bits per heavy atom. The number of carbonyl (C=O) groups excluding carboxylic acids is 1. The lowest BCUT2D eigenvalue weighted by Crippen LogP contribution is -2.19. The van der Waals surface area contributed by atoms with Crippen LogP contribution in [0.4, 0.5) is 11.4 Å². The van der Waals surface area contributed by atoms with Crippen LogP contribution < -0.4 is 10.0 Å². The maximum absolute atomic E-state index is 12.7. The van der Waals surface area contributed by atoms with Crippen LogP contribution in [0, 0.1) is 13.8 Å². The molecule has 0 aromatic heterocycles. The summed E-state index contributed by atoms with van der Waals surface area (Å²) in [7, 11) is -3.77. The Labute approximate surface area is 148 Å². The molecule has 0 radical (unpaired) electrons. The Morgan fingerprint density at radius 2 is 1.84 bits per heavy atom. The lowest BCUT2D eigenvalue weighted by atomic mass is 10.2. The average molecular weight is 362 g/mol. The third-order valence-corrected chi connectivity index (χ3v) is 4.99. The number of rotatable bonds is 7. The van der Waals surface area contributed by atoms with E-state index in [9.17, 15) is 13.2 Å². The Morgan fingerprint density at radius 1 is 1.08 bits per heavy atom. The van der Waals surface area contributed by atoms with Gasteiger partial charge in [-0.2, -0.15) is 0 Å². The van der Waals surface area contributed by atoms with E-state index in [0.29, 0.717) is 23.5 Å². The summed E-state index contributed by atoms with van der Waals surface area (Å²) >= 11 is 0. The van der Waals surface area contributed by atoms with Crippen molar-refractivity contribution in [2.45, 2.75) is 25.7 Å². The van der Waals surface area contributed by atoms with Crippen LogP contribution in [0.2, 0.25) is 0 Å². The first kappa shape index (κ1) is 19.0. The van der Waals surface area contributed by atoms with Crippen molar-refractivity contribution in [1.29, 1.82) is 0 Å². The SMILES string of the molecule is CCOCC(=O)Nc1ccc(C)c(S(=O)(=O)Nc2cccc(C)c2)c1. The number of hydrogen-bond acceptors (Lipinski definition) is 4. The van der Waals surface area contributed by atoms with Crippen LogP contribution in [0.25, 0.3) is 0 Å². The van der Waals surface area contributed by atoms with Gasteiger partial charge in [-0.25, -0.2) is 8.42 Å². The van der Waals surface area contributed by atoms with E-state index in [2.05, 4.69) is 10.0 Å². The molecular weight excluding hydrogens is 340 g/mol. The molecule has 2 aromatic carbocycles. The highest BCUT2D eigenvalue weighted by Crippen LogP contribution is 2.23. The zero-order valence-electron chi connectivity index (χ0n) is 14.5. The van der Waals surface area contributed by atoms with E-state index in [1.165, 1.54) is 6.07 Å². The van der Waals surface area contributed by atoms with Crippen molar-refractivity contribution in [3.8, 4) is 0 Å². The third-order valence-electron chi connectivity index (χ3n) is 3.47. The maximum atomic E-state index is 12.7. The normalized spacial score (nSPS) is 11.2. The quantitative estimate of drug-likeness (QED) is 0.793. The first-order chi connectivity index (χ1) is 11.8. The van der Waals surface area contributed by atoms with E-state index >= 15 is 0 Å². The zero-order valence-corrected chi connectivity index (χ0v) is 15.3. The van der Waals surface area contributed by atoms with Crippen molar-refractivity contribution in [3.05, 3.63) is 53.6 Å². The van der Waals surface area contributed by atoms with Gasteiger partial charge in [-0.15, -0.1) is 0 Å². The molecule has 0 spiro atoms. The lowest BCUT2D eigenvalue weighted by molar-refractivity contribution is -0.120. The summed E-state index contributed by atoms with van der Waals surface area (Å²) in [4.78, 5) is 11.9. The lowest BCUT2D eigenvalue weighted by Gasteiger charge is -2.13. The minimum Gasteiger partial charge on any atom is -0.372 e. The zero-order chi connectivity index (χ0) is 18.4. The number of nitrogens with one attached hydrogen (secondary N) is 2. The van der Waals surface area contributed by atoms with Crippen LogP contribution >= 0.6 is 0 Å². The third kappa shape index (κ3) is 5.30. The predicted molar refractivity (Wildman–Crippen MR) is 98.3 cm³/mol. The molecule has 25 heavy (non-hydrogen) atoms. The van der Waals surface area contributed by atoms with Gasteiger partial charge in [-0.3, -0.25) is 9.52 Å². The van der Waals surface area contributed by atoms with E-state index in [0.717, 1.165) is 5.56 Å². The summed E-state index contributed by atoms with van der Waals surface area (Å²) in [6.45, 7) is 5.74. The molecule has 0 saturated heterocycles. The van der Waals surface area contributed by atoms with Gasteiger partial charge in [0.05, 0.1) is 4.90 Å². The molecule has 0 aliphatic heterocycles. The molecule has 0 saturated carbocycles. The fourth-order valence-corrected chi connectivity index (χ4v) is 3.60. The second kappa shape index (κ2) is 8.13. The van der Waals surface area contributed by atoms with Gasteiger partial charge >= 0.3 is 0 Å². The van der Waals surface area contributed by atoms with Crippen molar-refractivity contribution in [2.75, 3.05) is 23.3 Å². The Balaban J connectivity index is 2.24. The van der Waals surface area contributed by atoms with Crippen LogP contribution in [0.5, 0.6) is 0 Å². The molecule has 7 heteroatoms. The predicted octanol–water partition coefficient (Wildman–Crippen LogP) is 3.08. The van der Waals surface area contributed by atoms with Gasteiger partial charge in [-0.05, 0) is 56.2 Å². The van der Waals surface area contributed by atoms with Gasteiger partial charge in [0.2, 0.25) is 5.91 Å². The minimum atomic E-state index is -3.77. The molecule has 6 nitrogen and oxygen atoms in total. The topological polar surface area (TPSA) is 84.5 Å². The summed E-state index contributed by atoms with van der Waals surface area (Å²) in [5.74, 6) is -0.333. The number of carbonyl (C=O) groups is 1. The van der Waals surface area contributed by atoms with E-state index in [-0.39, 0.29) is 17.4 Å². The van der Waals surface area contributed by atoms with E-state index in [1.807, 2.05) is 13.0 Å². The largest absolute Gasteiger partial charge is 0.372 e. The van der Waals surface area contributed by atoms with Crippen molar-refractivity contribution >= 4 is 27.3 Å². The summed E-state index contributed by atoms with van der Waals surface area (Å²) in [6, 6.07) is 11.9. The number of anilines is 2. The highest BCUT2D eigenvalue weighted by molar-refractivity contribution is 7.92. The second-order valence-electron chi connectivity index (χ2n) is 5.64. The molecule has 0 aliphatic rings. The molecule has 2 N–H and O–H groups in total. The van der Waals surface area contributed by atoms with Crippen LogP contribution in [-0.4, -0.2) is 27.5 Å². The monoisotopic (exact) mass is 362 g/mol. The summed E-state index contributed by atoms with van der Waals surface area (Å²) in [6.07, 6.45) is 0. The molecular formula is C18H22N2O4S. The number of amides is 1. The molecule has 0 fully saturated rings. The number of aryl methyl sites for hydroxylation is 2. The van der Waals surface area contributed by atoms with Crippen molar-refractivity contribution in [2.24, 2.45) is 0 Å². The van der Waals surface area contributed by atoms with Gasteiger partial charge in [-0.1, -0.05) is 18.2 Å². The van der Waals surface area contributed by atoms with Crippen LogP contribution in [0.15, 0.2) is 47.4 Å².